The summed E-state index contributed by atoms with van der Waals surface area (Å²) < 4.78 is 5.37. The minimum atomic E-state index is -0.509. The van der Waals surface area contributed by atoms with Gasteiger partial charge in [0.05, 0.1) is 18.6 Å². The molecular formula is C59H93Cl4N17O3. The lowest BCUT2D eigenvalue weighted by molar-refractivity contribution is -0.107. The van der Waals surface area contributed by atoms with Crippen LogP contribution in [0.15, 0.2) is 49.4 Å². The number of aryl methyl sites for hydroxylation is 3. The molecule has 20 nitrogen and oxygen atoms in total. The zero-order valence-electron chi connectivity index (χ0n) is 49.1. The Balaban J connectivity index is 0.000000175. The average molecular weight is 1230 g/mol. The van der Waals surface area contributed by atoms with E-state index in [0.717, 1.165) is 148 Å². The number of piperidine rings is 2. The molecule has 11 rings (SSSR count). The van der Waals surface area contributed by atoms with Crippen LogP contribution in [0.2, 0.25) is 15.5 Å². The van der Waals surface area contributed by atoms with Crippen molar-refractivity contribution in [3.8, 4) is 0 Å². The van der Waals surface area contributed by atoms with Gasteiger partial charge in [0, 0.05) is 103 Å². The molecule has 2 aliphatic heterocycles. The van der Waals surface area contributed by atoms with Crippen LogP contribution in [0.1, 0.15) is 166 Å². The first kappa shape index (κ1) is 67.7. The monoisotopic (exact) mass is 1230 g/mol. The van der Waals surface area contributed by atoms with E-state index in [1.807, 2.05) is 34.4 Å². The lowest BCUT2D eigenvalue weighted by Gasteiger charge is -2.37. The van der Waals surface area contributed by atoms with E-state index in [2.05, 4.69) is 72.6 Å². The second-order valence-corrected chi connectivity index (χ2v) is 23.9. The molecule has 6 unspecified atom stereocenters. The quantitative estimate of drug-likeness (QED) is 0.0295. The Kier molecular flexibility index (Phi) is 28.7. The summed E-state index contributed by atoms with van der Waals surface area (Å²) in [6.45, 7) is 12.0. The van der Waals surface area contributed by atoms with Crippen LogP contribution in [0.25, 0.3) is 16.9 Å². The van der Waals surface area contributed by atoms with Gasteiger partial charge in [-0.1, -0.05) is 75.0 Å². The number of halogens is 4. The zero-order chi connectivity index (χ0) is 59.8. The Morgan fingerprint density at radius 2 is 1.10 bits per heavy atom. The second-order valence-electron chi connectivity index (χ2n) is 22.4. The van der Waals surface area contributed by atoms with Crippen molar-refractivity contribution >= 4 is 86.0 Å². The van der Waals surface area contributed by atoms with Crippen molar-refractivity contribution in [2.45, 2.75) is 217 Å². The largest absolute Gasteiger partial charge is 0.396 e. The predicted octanol–water partition coefficient (Wildman–Crippen LogP) is 9.60. The van der Waals surface area contributed by atoms with E-state index in [4.69, 9.17) is 79.4 Å². The highest BCUT2D eigenvalue weighted by atomic mass is 35.5. The third kappa shape index (κ3) is 20.9. The van der Waals surface area contributed by atoms with Crippen molar-refractivity contribution in [2.75, 3.05) is 41.8 Å². The van der Waals surface area contributed by atoms with Crippen LogP contribution >= 0.6 is 46.4 Å². The van der Waals surface area contributed by atoms with Crippen LogP contribution in [-0.4, -0.2) is 134 Å². The third-order valence-corrected chi connectivity index (χ3v) is 16.8. The molecule has 8 atom stereocenters. The summed E-state index contributed by atoms with van der Waals surface area (Å²) in [5, 5.41) is 42.7. The molecule has 5 fully saturated rings. The molecule has 24 heteroatoms. The third-order valence-electron chi connectivity index (χ3n) is 16.0. The number of aromatic nitrogens is 9. The topological polar surface area (TPSA) is 292 Å². The number of carbonyl (C=O) groups is 1. The van der Waals surface area contributed by atoms with Crippen molar-refractivity contribution in [3.05, 3.63) is 81.6 Å². The number of nitrogens with one attached hydrogen (secondary N) is 3. The number of aliphatic hydroxyl groups is 2. The highest BCUT2D eigenvalue weighted by Crippen LogP contribution is 2.31. The van der Waals surface area contributed by atoms with Gasteiger partial charge < -0.3 is 54.0 Å². The molecule has 0 bridgehead atoms. The first-order valence-electron chi connectivity index (χ1n) is 30.3. The number of hydrogen-bond acceptors (Lipinski definition) is 17. The minimum absolute atomic E-state index is 0.224. The van der Waals surface area contributed by atoms with Gasteiger partial charge >= 0.3 is 0 Å². The Morgan fingerprint density at radius 1 is 0.627 bits per heavy atom. The molecule has 0 radical (unpaired) electrons. The first-order chi connectivity index (χ1) is 40.1. The van der Waals surface area contributed by atoms with Crippen LogP contribution < -0.4 is 43.8 Å². The highest BCUT2D eigenvalue weighted by Gasteiger charge is 2.27. The van der Waals surface area contributed by atoms with E-state index in [-0.39, 0.29) is 18.7 Å². The maximum absolute atomic E-state index is 9.51. The number of carbonyl (C=O) groups excluding carboxylic acids is 1. The number of nitrogens with zero attached hydrogens (tertiary/aromatic N) is 10. The number of fused-ring (bicyclic) bond motifs is 3. The fourth-order valence-electron chi connectivity index (χ4n) is 11.5. The Morgan fingerprint density at radius 3 is 1.57 bits per heavy atom. The fourth-order valence-corrected chi connectivity index (χ4v) is 12.1. The molecule has 6 aromatic heterocycles. The SMILES string of the molecule is C=CC(=O)Cl.CCc1cnn2c(Cl)cc(Cl)nc12.CCc1cnn2c(NC3CCCC(N)C3)cc(Cl)nc12.CCc1cnn2c(NC3CCCC(N)C3)cc(N3CCCC[C@H]3CCO)nc12.NC1CCCC(N)C1.OCC[C@@H]1CCCCN1. The van der Waals surface area contributed by atoms with Gasteiger partial charge in [0.1, 0.15) is 32.9 Å². The summed E-state index contributed by atoms with van der Waals surface area (Å²) in [5.74, 6) is 2.91. The highest BCUT2D eigenvalue weighted by molar-refractivity contribution is 6.66. The molecule has 3 aliphatic carbocycles. The molecule has 13 N–H and O–H groups in total. The van der Waals surface area contributed by atoms with Crippen molar-refractivity contribution < 1.29 is 15.0 Å². The molecule has 8 heterocycles. The molecule has 3 saturated carbocycles. The smallest absolute Gasteiger partial charge is 0.244 e. The van der Waals surface area contributed by atoms with E-state index >= 15 is 0 Å². The minimum Gasteiger partial charge on any atom is -0.396 e. The summed E-state index contributed by atoms with van der Waals surface area (Å²) >= 11 is 22.5. The standard InChI is InChI=1S/C21H34N6O.C14H20ClN5.C8H7Cl2N3.C7H15NO.C6H14N2.C3H3ClO/c1-2-15-14-23-27-20(24-17-7-5-6-16(22)12-17)13-19(25-21(15)27)26-10-4-3-8-18(26)9-11-28;1-2-9-8-17-20-13(7-12(15)19-14(9)20)18-11-5-3-4-10(16)6-11;1-2-5-4-11-13-7(10)3-6(9)12-8(5)13;9-6-4-7-3-1-2-5-8-7;7-5-2-1-3-6(8)4-5;1-2-3(4)5/h13-14,16-18,24,28H,2-12,22H2,1H3;7-8,10-11,18H,2-6,16H2,1H3;3-4H,2H2,1H3;7-9H,1-6H2;5-6H,1-4,7-8H2;2H,1H2/t16?,17?,18-;;;7-;;/m0..0../s1. The maximum Gasteiger partial charge on any atom is 0.244 e. The number of nitrogens with two attached hydrogens (primary N) is 4. The Labute approximate surface area is 510 Å². The Hall–Kier alpha value is -4.45. The van der Waals surface area contributed by atoms with Gasteiger partial charge in [-0.3, -0.25) is 4.79 Å². The molecule has 0 spiro atoms. The maximum atomic E-state index is 9.51. The number of allylic oxidation sites excluding steroid dienone is 1. The Bertz CT molecular complexity index is 2890. The molecule has 5 aliphatic rings. The molecule has 0 aromatic carbocycles. The van der Waals surface area contributed by atoms with Crippen molar-refractivity contribution in [2.24, 2.45) is 22.9 Å². The van der Waals surface area contributed by atoms with Crippen molar-refractivity contribution in [1.82, 2.24) is 49.1 Å². The summed E-state index contributed by atoms with van der Waals surface area (Å²) in [6, 6.07) is 8.62. The van der Waals surface area contributed by atoms with E-state index in [1.165, 1.54) is 69.8 Å². The van der Waals surface area contributed by atoms with Crippen LogP contribution in [-0.2, 0) is 24.1 Å². The van der Waals surface area contributed by atoms with Gasteiger partial charge in [0.15, 0.2) is 16.9 Å². The van der Waals surface area contributed by atoms with Crippen LogP contribution in [0.4, 0.5) is 17.5 Å². The molecule has 2 saturated heterocycles. The molecular weight excluding hydrogens is 1140 g/mol. The summed E-state index contributed by atoms with van der Waals surface area (Å²) in [6.07, 6.45) is 31.8. The summed E-state index contributed by atoms with van der Waals surface area (Å²) in [5.41, 5.74) is 29.4. The van der Waals surface area contributed by atoms with E-state index in [0.29, 0.717) is 58.3 Å². The second kappa shape index (κ2) is 35.2. The summed E-state index contributed by atoms with van der Waals surface area (Å²) in [7, 11) is 0. The van der Waals surface area contributed by atoms with E-state index in [1.54, 1.807) is 16.8 Å². The van der Waals surface area contributed by atoms with Crippen molar-refractivity contribution in [1.29, 1.82) is 0 Å². The zero-order valence-corrected chi connectivity index (χ0v) is 52.1. The molecule has 0 amide bonds. The lowest BCUT2D eigenvalue weighted by atomic mass is 9.91. The first-order valence-corrected chi connectivity index (χ1v) is 31.8. The number of anilines is 3. The lowest BCUT2D eigenvalue weighted by Crippen LogP contribution is -2.41. The number of rotatable bonds is 13. The van der Waals surface area contributed by atoms with E-state index in [9.17, 15) is 9.90 Å². The predicted molar refractivity (Wildman–Crippen MR) is 339 cm³/mol. The van der Waals surface area contributed by atoms with Crippen molar-refractivity contribution in [3.63, 3.8) is 0 Å². The van der Waals surface area contributed by atoms with Crippen LogP contribution in [0, 0.1) is 0 Å². The van der Waals surface area contributed by atoms with Crippen LogP contribution in [0.5, 0.6) is 0 Å². The van der Waals surface area contributed by atoms with Gasteiger partial charge in [-0.15, -0.1) is 0 Å². The average Bonchev–Trinajstić information content (AvgIpc) is 4.40. The normalized spacial score (nSPS) is 23.4. The van der Waals surface area contributed by atoms with Gasteiger partial charge in [0.2, 0.25) is 5.24 Å². The van der Waals surface area contributed by atoms with Gasteiger partial charge in [-0.2, -0.15) is 24.3 Å². The van der Waals surface area contributed by atoms with Gasteiger partial charge in [0.25, 0.3) is 0 Å². The number of aliphatic hydroxyl groups excluding tert-OH is 2. The van der Waals surface area contributed by atoms with Gasteiger partial charge in [-0.05, 0) is 159 Å². The number of hydrogen-bond donors (Lipinski definition) is 9. The molecule has 83 heavy (non-hydrogen) atoms. The van der Waals surface area contributed by atoms with E-state index < -0.39 is 5.24 Å². The molecule has 6 aromatic rings. The summed E-state index contributed by atoms with van der Waals surface area (Å²) in [4.78, 5) is 25.4. The molecule has 460 valence electrons. The van der Waals surface area contributed by atoms with Gasteiger partial charge in [-0.25, -0.2) is 19.5 Å². The van der Waals surface area contributed by atoms with Crippen LogP contribution in [0.3, 0.4) is 0 Å². The fraction of sp³-hybridized carbons (Fsp3) is 0.644.